The van der Waals surface area contributed by atoms with Gasteiger partial charge < -0.3 is 33.2 Å². The van der Waals surface area contributed by atoms with E-state index < -0.39 is 0 Å². The predicted molar refractivity (Wildman–Crippen MR) is 42.0 cm³/mol. The molecule has 0 spiro atoms. The number of likely N-dealkylation sites (N-methyl/N-ethyl adjacent to an activating group) is 1. The van der Waals surface area contributed by atoms with Crippen molar-refractivity contribution in [1.82, 2.24) is 0 Å². The second-order valence-electron chi connectivity index (χ2n) is 3.68. The molecule has 1 aliphatic rings. The number of quaternary nitrogens is 1. The van der Waals surface area contributed by atoms with Crippen molar-refractivity contribution >= 4 is 5.97 Å². The molecule has 1 aliphatic heterocycles. The van der Waals surface area contributed by atoms with Crippen LogP contribution < -0.4 is 24.0 Å². The molecule has 0 bridgehead atoms. The van der Waals surface area contributed by atoms with Crippen LogP contribution in [0.15, 0.2) is 0 Å². The Kier molecular flexibility index (Phi) is 4.47. The van der Waals surface area contributed by atoms with Crippen LogP contribution >= 0.6 is 0 Å². The van der Waals surface area contributed by atoms with E-state index >= 15 is 0 Å². The highest BCUT2D eigenvalue weighted by Gasteiger charge is 2.40. The fourth-order valence-corrected chi connectivity index (χ4v) is 1.74. The number of halogens is 1. The Balaban J connectivity index is 0.00000121. The molecule has 0 aromatic rings. The van der Waals surface area contributed by atoms with E-state index in [0.29, 0.717) is 0 Å². The van der Waals surface area contributed by atoms with E-state index in [1.54, 1.807) is 0 Å². The number of hydrogen-bond donors (Lipinski definition) is 0. The van der Waals surface area contributed by atoms with Crippen molar-refractivity contribution < 1.29 is 38.0 Å². The fraction of sp³-hybridized carbons (Fsp3) is 0.875. The average molecular weight is 285 g/mol. The molecule has 4 heteroatoms. The lowest BCUT2D eigenvalue weighted by molar-refractivity contribution is -0.893. The molecule has 0 saturated carbocycles. The lowest BCUT2D eigenvalue weighted by Crippen LogP contribution is -3.00. The van der Waals surface area contributed by atoms with Gasteiger partial charge in [-0.25, -0.2) is 4.79 Å². The average Bonchev–Trinajstić information content (AvgIpc) is 2.28. The van der Waals surface area contributed by atoms with Crippen LogP contribution in [0.5, 0.6) is 0 Å². The normalized spacial score (nSPS) is 26.1. The number of carbonyl (C=O) groups is 1. The van der Waals surface area contributed by atoms with E-state index in [-0.39, 0.29) is 36.0 Å². The minimum atomic E-state index is -0.0625. The van der Waals surface area contributed by atoms with Crippen molar-refractivity contribution in [2.45, 2.75) is 18.9 Å². The molecule has 0 aromatic heterocycles. The van der Waals surface area contributed by atoms with Crippen molar-refractivity contribution in [3.63, 3.8) is 0 Å². The topological polar surface area (TPSA) is 26.3 Å². The van der Waals surface area contributed by atoms with E-state index in [1.807, 2.05) is 0 Å². The van der Waals surface area contributed by atoms with Gasteiger partial charge in [-0.15, -0.1) is 0 Å². The summed E-state index contributed by atoms with van der Waals surface area (Å²) in [6, 6.07) is 0.0694. The van der Waals surface area contributed by atoms with Crippen LogP contribution in [0.3, 0.4) is 0 Å². The molecule has 0 amide bonds. The Morgan fingerprint density at radius 1 is 1.50 bits per heavy atom. The highest BCUT2D eigenvalue weighted by atomic mass is 127. The van der Waals surface area contributed by atoms with Gasteiger partial charge in [0.2, 0.25) is 0 Å². The van der Waals surface area contributed by atoms with Crippen LogP contribution in [0.4, 0.5) is 0 Å². The van der Waals surface area contributed by atoms with E-state index in [4.69, 9.17) is 4.74 Å². The zero-order valence-electron chi connectivity index (χ0n) is 7.84. The van der Waals surface area contributed by atoms with Crippen molar-refractivity contribution in [3.8, 4) is 0 Å². The Labute approximate surface area is 90.7 Å². The highest BCUT2D eigenvalue weighted by Crippen LogP contribution is 2.22. The van der Waals surface area contributed by atoms with E-state index in [1.165, 1.54) is 7.11 Å². The zero-order chi connectivity index (χ0) is 8.48. The number of hydrogen-bond acceptors (Lipinski definition) is 2. The summed E-state index contributed by atoms with van der Waals surface area (Å²) in [5.74, 6) is -0.0625. The first-order valence-corrected chi connectivity index (χ1v) is 3.98. The van der Waals surface area contributed by atoms with Crippen LogP contribution in [0.2, 0.25) is 0 Å². The van der Waals surface area contributed by atoms with Gasteiger partial charge in [-0.1, -0.05) is 0 Å². The lowest BCUT2D eigenvalue weighted by Gasteiger charge is -2.29. The Morgan fingerprint density at radius 2 is 2.08 bits per heavy atom. The number of rotatable bonds is 1. The summed E-state index contributed by atoms with van der Waals surface area (Å²) in [5, 5.41) is 0. The molecule has 72 valence electrons. The van der Waals surface area contributed by atoms with Gasteiger partial charge in [0.25, 0.3) is 0 Å². The van der Waals surface area contributed by atoms with Gasteiger partial charge in [0.15, 0.2) is 6.04 Å². The Hall–Kier alpha value is 0.160. The number of methoxy groups -OCH3 is 1. The molecule has 1 heterocycles. The van der Waals surface area contributed by atoms with Crippen LogP contribution in [0, 0.1) is 0 Å². The van der Waals surface area contributed by atoms with E-state index in [9.17, 15) is 4.79 Å². The van der Waals surface area contributed by atoms with Crippen molar-refractivity contribution in [1.29, 1.82) is 0 Å². The Bertz CT molecular complexity index is 170. The van der Waals surface area contributed by atoms with Gasteiger partial charge in [-0.2, -0.15) is 0 Å². The molecular formula is C8H16INO2. The summed E-state index contributed by atoms with van der Waals surface area (Å²) in [6.07, 6.45) is 2.10. The summed E-state index contributed by atoms with van der Waals surface area (Å²) < 4.78 is 5.50. The quantitative estimate of drug-likeness (QED) is 0.300. The van der Waals surface area contributed by atoms with Gasteiger partial charge in [-0.3, -0.25) is 0 Å². The maximum absolute atomic E-state index is 11.2. The summed E-state index contributed by atoms with van der Waals surface area (Å²) >= 11 is 0. The standard InChI is InChI=1S/C8H16NO2.HI/c1-9(2)6-4-5-7(9)8(10)11-3;/h7H,4-6H2,1-3H3;1H/q+1;/p-1/t7-;/m1./s1. The van der Waals surface area contributed by atoms with Crippen LogP contribution in [0.1, 0.15) is 12.8 Å². The number of esters is 1. The number of ether oxygens (including phenoxy) is 1. The summed E-state index contributed by atoms with van der Waals surface area (Å²) in [7, 11) is 5.61. The molecule has 1 fully saturated rings. The van der Waals surface area contributed by atoms with E-state index in [2.05, 4.69) is 14.1 Å². The summed E-state index contributed by atoms with van der Waals surface area (Å²) in [6.45, 7) is 1.08. The van der Waals surface area contributed by atoms with Gasteiger partial charge in [-0.05, 0) is 0 Å². The molecule has 1 rings (SSSR count). The third-order valence-corrected chi connectivity index (χ3v) is 2.53. The van der Waals surface area contributed by atoms with Gasteiger partial charge in [0, 0.05) is 12.8 Å². The number of carbonyl (C=O) groups excluding carboxylic acids is 1. The summed E-state index contributed by atoms with van der Waals surface area (Å²) in [4.78, 5) is 11.2. The molecule has 3 nitrogen and oxygen atoms in total. The number of nitrogens with zero attached hydrogens (tertiary/aromatic N) is 1. The fourth-order valence-electron chi connectivity index (χ4n) is 1.74. The van der Waals surface area contributed by atoms with E-state index in [0.717, 1.165) is 23.9 Å². The summed E-state index contributed by atoms with van der Waals surface area (Å²) in [5.41, 5.74) is 0. The third kappa shape index (κ3) is 2.32. The largest absolute Gasteiger partial charge is 1.00 e. The first-order chi connectivity index (χ1) is 5.08. The highest BCUT2D eigenvalue weighted by molar-refractivity contribution is 5.74. The molecule has 0 N–H and O–H groups in total. The van der Waals surface area contributed by atoms with Crippen molar-refractivity contribution in [3.05, 3.63) is 0 Å². The smallest absolute Gasteiger partial charge is 0.364 e. The maximum atomic E-state index is 11.2. The SMILES string of the molecule is COC(=O)[C@H]1CCC[N+]1(C)C.[I-]. The minimum Gasteiger partial charge on any atom is -1.00 e. The number of likely N-dealkylation sites (tertiary alicyclic amines) is 1. The van der Waals surface area contributed by atoms with Crippen LogP contribution in [-0.2, 0) is 9.53 Å². The minimum absolute atomic E-state index is 0. The first-order valence-electron chi connectivity index (χ1n) is 3.98. The molecule has 0 unspecified atom stereocenters. The molecule has 1 atom stereocenters. The van der Waals surface area contributed by atoms with Gasteiger partial charge >= 0.3 is 5.97 Å². The predicted octanol–water partition coefficient (Wildman–Crippen LogP) is -2.60. The third-order valence-electron chi connectivity index (χ3n) is 2.53. The zero-order valence-corrected chi connectivity index (χ0v) is 10.00. The van der Waals surface area contributed by atoms with Crippen LogP contribution in [-0.4, -0.2) is 44.2 Å². The molecular weight excluding hydrogens is 269 g/mol. The van der Waals surface area contributed by atoms with Crippen molar-refractivity contribution in [2.75, 3.05) is 27.7 Å². The second-order valence-corrected chi connectivity index (χ2v) is 3.68. The lowest BCUT2D eigenvalue weighted by atomic mass is 10.2. The molecule has 1 saturated heterocycles. The van der Waals surface area contributed by atoms with Gasteiger partial charge in [0.05, 0.1) is 27.7 Å². The first kappa shape index (κ1) is 12.2. The van der Waals surface area contributed by atoms with Gasteiger partial charge in [0.1, 0.15) is 0 Å². The molecule has 0 radical (unpaired) electrons. The maximum Gasteiger partial charge on any atom is 0.364 e. The molecule has 12 heavy (non-hydrogen) atoms. The Morgan fingerprint density at radius 3 is 2.42 bits per heavy atom. The van der Waals surface area contributed by atoms with Crippen LogP contribution in [0.25, 0.3) is 0 Å². The molecule has 0 aromatic carbocycles. The van der Waals surface area contributed by atoms with Crippen molar-refractivity contribution in [2.24, 2.45) is 0 Å². The molecule has 0 aliphatic carbocycles. The monoisotopic (exact) mass is 285 g/mol. The second kappa shape index (κ2) is 4.41.